The lowest BCUT2D eigenvalue weighted by Crippen LogP contribution is -2.40. The molecular weight excluding hydrogens is 378 g/mol. The maximum atomic E-state index is 13.1. The molecule has 0 radical (unpaired) electrons. The van der Waals surface area contributed by atoms with Gasteiger partial charge in [0, 0.05) is 31.0 Å². The number of hydrogen-bond acceptors (Lipinski definition) is 3. The van der Waals surface area contributed by atoms with Gasteiger partial charge in [0.05, 0.1) is 0 Å². The molecule has 156 valence electrons. The van der Waals surface area contributed by atoms with Gasteiger partial charge in [0.1, 0.15) is 11.1 Å². The highest BCUT2D eigenvalue weighted by Crippen LogP contribution is 2.29. The summed E-state index contributed by atoms with van der Waals surface area (Å²) in [5, 5.41) is 5.67. The van der Waals surface area contributed by atoms with Crippen molar-refractivity contribution in [2.75, 3.05) is 6.54 Å². The molecule has 0 unspecified atom stereocenters. The fourth-order valence-electron chi connectivity index (χ4n) is 4.52. The molecule has 1 aromatic carbocycles. The van der Waals surface area contributed by atoms with E-state index in [1.807, 2.05) is 16.7 Å². The molecule has 0 spiro atoms. The van der Waals surface area contributed by atoms with Crippen LogP contribution < -0.4 is 16.1 Å². The first-order valence-corrected chi connectivity index (χ1v) is 10.6. The highest BCUT2D eigenvalue weighted by atomic mass is 16.2. The number of benzene rings is 1. The second-order valence-corrected chi connectivity index (χ2v) is 8.15. The van der Waals surface area contributed by atoms with E-state index in [1.54, 1.807) is 18.5 Å². The molecule has 2 aromatic rings. The standard InChI is InChI=1S/C24H27N3O3/c1-2-11-25-23(29)20-14-27(19-9-5-6-10-19)15-21(22(20)28)24(30)26-18-12-16-7-3-4-8-17(16)13-18/h2-4,7-8,14-15,18-19H,1,5-6,9-13H2,(H,25,29)(H,26,30). The molecule has 0 atom stereocenters. The monoisotopic (exact) mass is 405 g/mol. The van der Waals surface area contributed by atoms with Gasteiger partial charge >= 0.3 is 0 Å². The maximum Gasteiger partial charge on any atom is 0.257 e. The van der Waals surface area contributed by atoms with Crippen molar-refractivity contribution >= 4 is 11.8 Å². The molecule has 1 saturated carbocycles. The number of carbonyl (C=O) groups excluding carboxylic acids is 2. The Labute approximate surface area is 176 Å². The highest BCUT2D eigenvalue weighted by molar-refractivity contribution is 5.99. The van der Waals surface area contributed by atoms with Crippen LogP contribution in [-0.4, -0.2) is 29.0 Å². The van der Waals surface area contributed by atoms with Crippen molar-refractivity contribution < 1.29 is 9.59 Å². The van der Waals surface area contributed by atoms with Crippen LogP contribution in [0.3, 0.4) is 0 Å². The first-order chi connectivity index (χ1) is 14.6. The number of carbonyl (C=O) groups is 2. The van der Waals surface area contributed by atoms with E-state index in [-0.39, 0.29) is 29.8 Å². The van der Waals surface area contributed by atoms with Gasteiger partial charge < -0.3 is 15.2 Å². The topological polar surface area (TPSA) is 80.2 Å². The predicted octanol–water partition coefficient (Wildman–Crippen LogP) is 2.78. The fourth-order valence-corrected chi connectivity index (χ4v) is 4.52. The summed E-state index contributed by atoms with van der Waals surface area (Å²) in [7, 11) is 0. The minimum absolute atomic E-state index is 0.00566. The molecule has 1 aromatic heterocycles. The second kappa shape index (κ2) is 8.69. The number of nitrogens with one attached hydrogen (secondary N) is 2. The third-order valence-corrected chi connectivity index (χ3v) is 6.07. The minimum Gasteiger partial charge on any atom is -0.349 e. The number of rotatable bonds is 6. The van der Waals surface area contributed by atoms with Gasteiger partial charge in [-0.2, -0.15) is 0 Å². The number of fused-ring (bicyclic) bond motifs is 1. The van der Waals surface area contributed by atoms with Gasteiger partial charge in [-0.15, -0.1) is 6.58 Å². The summed E-state index contributed by atoms with van der Waals surface area (Å²) >= 11 is 0. The van der Waals surface area contributed by atoms with Crippen LogP contribution in [0, 0.1) is 0 Å². The molecule has 2 N–H and O–H groups in total. The molecule has 2 aliphatic carbocycles. The number of amides is 2. The Morgan fingerprint density at radius 1 is 1.03 bits per heavy atom. The molecule has 0 bridgehead atoms. The molecule has 4 rings (SSSR count). The Hall–Kier alpha value is -3.15. The summed E-state index contributed by atoms with van der Waals surface area (Å²) < 4.78 is 1.88. The second-order valence-electron chi connectivity index (χ2n) is 8.15. The lowest BCUT2D eigenvalue weighted by molar-refractivity contribution is 0.0936. The van der Waals surface area contributed by atoms with Gasteiger partial charge in [0.2, 0.25) is 5.43 Å². The number of aromatic nitrogens is 1. The van der Waals surface area contributed by atoms with E-state index in [9.17, 15) is 14.4 Å². The predicted molar refractivity (Wildman–Crippen MR) is 116 cm³/mol. The summed E-state index contributed by atoms with van der Waals surface area (Å²) in [5.41, 5.74) is 1.96. The third kappa shape index (κ3) is 4.08. The summed E-state index contributed by atoms with van der Waals surface area (Å²) in [6.45, 7) is 3.85. The van der Waals surface area contributed by atoms with Crippen LogP contribution in [0.5, 0.6) is 0 Å². The first kappa shape index (κ1) is 20.1. The zero-order valence-electron chi connectivity index (χ0n) is 17.0. The molecule has 6 nitrogen and oxygen atoms in total. The van der Waals surface area contributed by atoms with E-state index in [1.165, 1.54) is 11.1 Å². The van der Waals surface area contributed by atoms with Crippen LogP contribution in [0.1, 0.15) is 63.6 Å². The Balaban J connectivity index is 1.61. The van der Waals surface area contributed by atoms with Crippen molar-refractivity contribution in [1.29, 1.82) is 0 Å². The Morgan fingerprint density at radius 2 is 1.63 bits per heavy atom. The van der Waals surface area contributed by atoms with Crippen LogP contribution in [0.25, 0.3) is 0 Å². The van der Waals surface area contributed by atoms with Crippen LogP contribution in [0.15, 0.2) is 54.1 Å². The van der Waals surface area contributed by atoms with Crippen molar-refractivity contribution in [1.82, 2.24) is 15.2 Å². The minimum atomic E-state index is -0.529. The van der Waals surface area contributed by atoms with E-state index in [4.69, 9.17) is 0 Å². The Morgan fingerprint density at radius 3 is 2.23 bits per heavy atom. The zero-order valence-corrected chi connectivity index (χ0v) is 17.0. The largest absolute Gasteiger partial charge is 0.349 e. The van der Waals surface area contributed by atoms with E-state index in [0.717, 1.165) is 38.5 Å². The van der Waals surface area contributed by atoms with Gasteiger partial charge in [-0.3, -0.25) is 14.4 Å². The number of pyridine rings is 1. The zero-order chi connectivity index (χ0) is 21.1. The molecule has 2 amide bonds. The van der Waals surface area contributed by atoms with E-state index in [2.05, 4.69) is 29.3 Å². The van der Waals surface area contributed by atoms with Gasteiger partial charge in [0.25, 0.3) is 11.8 Å². The van der Waals surface area contributed by atoms with E-state index in [0.29, 0.717) is 0 Å². The molecule has 0 aliphatic heterocycles. The number of hydrogen-bond donors (Lipinski definition) is 2. The van der Waals surface area contributed by atoms with Crippen molar-refractivity contribution in [3.63, 3.8) is 0 Å². The van der Waals surface area contributed by atoms with Crippen molar-refractivity contribution in [3.8, 4) is 0 Å². The van der Waals surface area contributed by atoms with Crippen LogP contribution in [-0.2, 0) is 12.8 Å². The molecule has 0 saturated heterocycles. The maximum absolute atomic E-state index is 13.1. The molecule has 1 fully saturated rings. The molecular formula is C24H27N3O3. The van der Waals surface area contributed by atoms with Gasteiger partial charge in [0.15, 0.2) is 0 Å². The Kier molecular flexibility index (Phi) is 5.84. The lowest BCUT2D eigenvalue weighted by atomic mass is 10.1. The molecule has 6 heteroatoms. The first-order valence-electron chi connectivity index (χ1n) is 10.6. The SMILES string of the molecule is C=CCNC(=O)c1cn(C2CCCC2)cc(C(=O)NC2Cc3ccccc3C2)c1=O. The summed E-state index contributed by atoms with van der Waals surface area (Å²) in [4.78, 5) is 38.6. The highest BCUT2D eigenvalue weighted by Gasteiger charge is 2.27. The van der Waals surface area contributed by atoms with Crippen molar-refractivity contribution in [2.45, 2.75) is 50.6 Å². The average molecular weight is 405 g/mol. The fraction of sp³-hybridized carbons (Fsp3) is 0.375. The van der Waals surface area contributed by atoms with Gasteiger partial charge in [-0.05, 0) is 36.8 Å². The summed E-state index contributed by atoms with van der Waals surface area (Å²) in [5.74, 6) is -0.891. The smallest absolute Gasteiger partial charge is 0.257 e. The van der Waals surface area contributed by atoms with Crippen molar-refractivity contribution in [3.05, 3.63) is 81.8 Å². The quantitative estimate of drug-likeness (QED) is 0.726. The lowest BCUT2D eigenvalue weighted by Gasteiger charge is -2.18. The average Bonchev–Trinajstić information content (AvgIpc) is 3.41. The van der Waals surface area contributed by atoms with Crippen molar-refractivity contribution in [2.24, 2.45) is 0 Å². The van der Waals surface area contributed by atoms with Crippen LogP contribution in [0.4, 0.5) is 0 Å². The van der Waals surface area contributed by atoms with Gasteiger partial charge in [-0.25, -0.2) is 0 Å². The van der Waals surface area contributed by atoms with Crippen LogP contribution in [0.2, 0.25) is 0 Å². The van der Waals surface area contributed by atoms with Crippen LogP contribution >= 0.6 is 0 Å². The molecule has 2 aliphatic rings. The summed E-state index contributed by atoms with van der Waals surface area (Å²) in [6.07, 6.45) is 10.5. The van der Waals surface area contributed by atoms with Gasteiger partial charge in [-0.1, -0.05) is 43.2 Å². The Bertz CT molecular complexity index is 1010. The van der Waals surface area contributed by atoms with E-state index < -0.39 is 17.2 Å². The molecule has 30 heavy (non-hydrogen) atoms. The number of nitrogens with zero attached hydrogens (tertiary/aromatic N) is 1. The molecule has 1 heterocycles. The normalized spacial score (nSPS) is 16.3. The van der Waals surface area contributed by atoms with E-state index >= 15 is 0 Å². The summed E-state index contributed by atoms with van der Waals surface area (Å²) in [6, 6.07) is 8.29. The third-order valence-electron chi connectivity index (χ3n) is 6.07.